The Balaban J connectivity index is 3.14. The van der Waals surface area contributed by atoms with Gasteiger partial charge >= 0.3 is 18.2 Å². The van der Waals surface area contributed by atoms with Crippen molar-refractivity contribution in [2.24, 2.45) is 0 Å². The number of amides is 2. The summed E-state index contributed by atoms with van der Waals surface area (Å²) >= 11 is 0. The second-order valence-electron chi connectivity index (χ2n) is 2.42. The van der Waals surface area contributed by atoms with Gasteiger partial charge in [-0.2, -0.15) is 10.0 Å². The molecule has 1 rings (SSSR count). The van der Waals surface area contributed by atoms with Crippen molar-refractivity contribution in [3.63, 3.8) is 0 Å². The van der Waals surface area contributed by atoms with Gasteiger partial charge < -0.3 is 15.3 Å². The molecular weight excluding hydrogens is 208 g/mol. The van der Waals surface area contributed by atoms with E-state index in [1.165, 1.54) is 0 Å². The lowest BCUT2D eigenvalue weighted by Crippen LogP contribution is -2.47. The van der Waals surface area contributed by atoms with Crippen LogP contribution < -0.4 is 0 Å². The molecule has 1 heterocycles. The lowest BCUT2D eigenvalue weighted by Gasteiger charge is -2.29. The summed E-state index contributed by atoms with van der Waals surface area (Å²) in [5.41, 5.74) is -0.660. The summed E-state index contributed by atoms with van der Waals surface area (Å²) in [7, 11) is 0. The number of carbonyl (C=O) groups is 3. The number of carboxylic acids is 1. The molecular formula is C7H6N2O6. The molecule has 0 spiro atoms. The topological polar surface area (TPSA) is 118 Å². The smallest absolute Gasteiger partial charge is 0.431 e. The highest BCUT2D eigenvalue weighted by atomic mass is 16.4. The van der Waals surface area contributed by atoms with Crippen molar-refractivity contribution < 1.29 is 29.7 Å². The van der Waals surface area contributed by atoms with Crippen molar-refractivity contribution in [2.75, 3.05) is 0 Å². The molecule has 0 radical (unpaired) electrons. The fraction of sp³-hybridized carbons (Fsp3) is 0. The molecule has 15 heavy (non-hydrogen) atoms. The van der Waals surface area contributed by atoms with Crippen molar-refractivity contribution in [1.29, 1.82) is 0 Å². The predicted octanol–water partition coefficient (Wildman–Crippen LogP) is 0.357. The molecule has 0 aromatic heterocycles. The molecule has 8 nitrogen and oxygen atoms in total. The van der Waals surface area contributed by atoms with Crippen LogP contribution in [-0.4, -0.2) is 43.5 Å². The first-order chi connectivity index (χ1) is 6.95. The summed E-state index contributed by atoms with van der Waals surface area (Å²) in [6, 6.07) is 0. The quantitative estimate of drug-likeness (QED) is 0.579. The molecule has 0 aliphatic carbocycles. The molecule has 0 unspecified atom stereocenters. The van der Waals surface area contributed by atoms with Crippen LogP contribution >= 0.6 is 0 Å². The van der Waals surface area contributed by atoms with Crippen molar-refractivity contribution in [3.05, 3.63) is 24.0 Å². The summed E-state index contributed by atoms with van der Waals surface area (Å²) in [6.45, 7) is 0. The van der Waals surface area contributed by atoms with Gasteiger partial charge in [-0.1, -0.05) is 0 Å². The first-order valence-corrected chi connectivity index (χ1v) is 3.62. The molecule has 1 aliphatic heterocycles. The average molecular weight is 214 g/mol. The molecule has 1 aliphatic rings. The van der Waals surface area contributed by atoms with Gasteiger partial charge in [-0.3, -0.25) is 0 Å². The van der Waals surface area contributed by atoms with E-state index in [1.807, 2.05) is 0 Å². The van der Waals surface area contributed by atoms with Crippen LogP contribution in [0.25, 0.3) is 0 Å². The maximum absolute atomic E-state index is 10.7. The molecule has 0 saturated carbocycles. The van der Waals surface area contributed by atoms with Gasteiger partial charge in [-0.05, 0) is 12.2 Å². The summed E-state index contributed by atoms with van der Waals surface area (Å²) in [5, 5.41) is 26.3. The Kier molecular flexibility index (Phi) is 2.61. The summed E-state index contributed by atoms with van der Waals surface area (Å²) in [4.78, 5) is 31.9. The number of hydrogen-bond donors (Lipinski definition) is 3. The molecule has 0 saturated heterocycles. The number of rotatable bonds is 1. The number of hydrogen-bond acceptors (Lipinski definition) is 3. The lowest BCUT2D eigenvalue weighted by molar-refractivity contribution is -0.135. The Morgan fingerprint density at radius 2 is 1.67 bits per heavy atom. The Morgan fingerprint density at radius 3 is 2.07 bits per heavy atom. The van der Waals surface area contributed by atoms with E-state index in [-0.39, 0.29) is 10.0 Å². The van der Waals surface area contributed by atoms with Crippen molar-refractivity contribution in [1.82, 2.24) is 10.0 Å². The highest BCUT2D eigenvalue weighted by Gasteiger charge is 2.32. The number of nitrogens with zero attached hydrogens (tertiary/aromatic N) is 2. The Morgan fingerprint density at radius 1 is 1.07 bits per heavy atom. The van der Waals surface area contributed by atoms with Crippen LogP contribution in [-0.2, 0) is 4.79 Å². The van der Waals surface area contributed by atoms with Crippen LogP contribution in [0.5, 0.6) is 0 Å². The minimum Gasteiger partial charge on any atom is -0.477 e. The molecule has 80 valence electrons. The van der Waals surface area contributed by atoms with E-state index in [0.29, 0.717) is 0 Å². The molecule has 0 fully saturated rings. The van der Waals surface area contributed by atoms with E-state index in [1.54, 1.807) is 0 Å². The van der Waals surface area contributed by atoms with Gasteiger partial charge in [0.2, 0.25) is 0 Å². The van der Waals surface area contributed by atoms with Crippen LogP contribution in [0.3, 0.4) is 0 Å². The monoisotopic (exact) mass is 214 g/mol. The molecule has 0 bridgehead atoms. The number of carboxylic acid groups (broad SMARTS) is 3. The summed E-state index contributed by atoms with van der Waals surface area (Å²) in [5.74, 6) is -1.53. The van der Waals surface area contributed by atoms with E-state index in [0.717, 1.165) is 18.4 Å². The second-order valence-corrected chi connectivity index (χ2v) is 2.42. The van der Waals surface area contributed by atoms with Gasteiger partial charge in [0.15, 0.2) is 5.70 Å². The third-order valence-electron chi connectivity index (χ3n) is 1.52. The third-order valence-corrected chi connectivity index (χ3v) is 1.52. The Labute approximate surface area is 82.9 Å². The largest absolute Gasteiger partial charge is 0.477 e. The van der Waals surface area contributed by atoms with E-state index >= 15 is 0 Å². The van der Waals surface area contributed by atoms with Crippen molar-refractivity contribution in [2.45, 2.75) is 0 Å². The highest BCUT2D eigenvalue weighted by molar-refractivity contribution is 5.92. The SMILES string of the molecule is O=C(O)C1=CC=CN(C(=O)O)N1C(=O)O. The first kappa shape index (κ1) is 10.6. The molecule has 2 amide bonds. The zero-order valence-electron chi connectivity index (χ0n) is 7.19. The van der Waals surface area contributed by atoms with E-state index in [2.05, 4.69) is 0 Å². The third kappa shape index (κ3) is 1.88. The number of hydrazine groups is 1. The van der Waals surface area contributed by atoms with E-state index in [4.69, 9.17) is 15.3 Å². The van der Waals surface area contributed by atoms with Gasteiger partial charge in [-0.15, -0.1) is 0 Å². The lowest BCUT2D eigenvalue weighted by atomic mass is 10.3. The number of aliphatic carboxylic acids is 1. The molecule has 0 atom stereocenters. The van der Waals surface area contributed by atoms with Gasteiger partial charge in [0, 0.05) is 6.20 Å². The summed E-state index contributed by atoms with van der Waals surface area (Å²) < 4.78 is 0. The fourth-order valence-electron chi connectivity index (χ4n) is 0.975. The van der Waals surface area contributed by atoms with Crippen molar-refractivity contribution in [3.8, 4) is 0 Å². The predicted molar refractivity (Wildman–Crippen MR) is 44.6 cm³/mol. The van der Waals surface area contributed by atoms with Crippen LogP contribution in [0.4, 0.5) is 9.59 Å². The highest BCUT2D eigenvalue weighted by Crippen LogP contribution is 2.15. The van der Waals surface area contributed by atoms with E-state index in [9.17, 15) is 14.4 Å². The van der Waals surface area contributed by atoms with Crippen LogP contribution in [0.15, 0.2) is 24.0 Å². The Bertz CT molecular complexity index is 385. The van der Waals surface area contributed by atoms with Crippen LogP contribution in [0, 0.1) is 0 Å². The first-order valence-electron chi connectivity index (χ1n) is 3.62. The maximum atomic E-state index is 10.7. The number of allylic oxidation sites excluding steroid dienone is 2. The average Bonchev–Trinajstić information content (AvgIpc) is 2.16. The minimum atomic E-state index is -1.70. The molecule has 8 heteroatoms. The second kappa shape index (κ2) is 3.70. The van der Waals surface area contributed by atoms with Crippen LogP contribution in [0.2, 0.25) is 0 Å². The van der Waals surface area contributed by atoms with Crippen molar-refractivity contribution >= 4 is 18.2 Å². The van der Waals surface area contributed by atoms with E-state index < -0.39 is 23.9 Å². The molecule has 0 aromatic carbocycles. The molecule has 0 aromatic rings. The Hall–Kier alpha value is -2.51. The maximum Gasteiger partial charge on any atom is 0.431 e. The normalized spacial score (nSPS) is 14.8. The zero-order valence-corrected chi connectivity index (χ0v) is 7.19. The van der Waals surface area contributed by atoms with Crippen LogP contribution in [0.1, 0.15) is 0 Å². The fourth-order valence-corrected chi connectivity index (χ4v) is 0.975. The van der Waals surface area contributed by atoms with Gasteiger partial charge in [0.25, 0.3) is 0 Å². The van der Waals surface area contributed by atoms with Gasteiger partial charge in [-0.25, -0.2) is 14.4 Å². The van der Waals surface area contributed by atoms with Gasteiger partial charge in [0.1, 0.15) is 0 Å². The standard InChI is InChI=1S/C7H6N2O6/c10-5(11)4-2-1-3-8(6(12)13)9(4)7(14)15/h1-3H,(H,10,11)(H,12,13)(H,14,15). The summed E-state index contributed by atoms with van der Waals surface area (Å²) in [6.07, 6.45) is -0.272. The minimum absolute atomic E-state index is 0.116. The van der Waals surface area contributed by atoms with Gasteiger partial charge in [0.05, 0.1) is 0 Å². The molecule has 3 N–H and O–H groups in total. The zero-order chi connectivity index (χ0) is 11.6.